The van der Waals surface area contributed by atoms with Gasteiger partial charge in [0.1, 0.15) is 5.75 Å². The minimum Gasteiger partial charge on any atom is -0.496 e. The van der Waals surface area contributed by atoms with E-state index in [1.165, 1.54) is 11.8 Å². The van der Waals surface area contributed by atoms with Crippen molar-refractivity contribution in [1.29, 1.82) is 0 Å². The fraction of sp³-hybridized carbons (Fsp3) is 0.400. The molecule has 0 unspecified atom stereocenters. The van der Waals surface area contributed by atoms with Crippen molar-refractivity contribution in [3.8, 4) is 5.75 Å². The van der Waals surface area contributed by atoms with Gasteiger partial charge in [0.25, 0.3) is 0 Å². The summed E-state index contributed by atoms with van der Waals surface area (Å²) in [5, 5.41) is 6.94. The molecular weight excluding hydrogens is 300 g/mol. The van der Waals surface area contributed by atoms with Gasteiger partial charge in [-0.3, -0.25) is 4.79 Å². The number of nitrogens with zero attached hydrogens (tertiary/aromatic N) is 2. The molecular formula is C15H20N4O2S. The lowest BCUT2D eigenvalue weighted by atomic mass is 9.93. The van der Waals surface area contributed by atoms with Gasteiger partial charge in [-0.1, -0.05) is 25.6 Å². The number of methoxy groups -OCH3 is 1. The summed E-state index contributed by atoms with van der Waals surface area (Å²) >= 11 is 1.27. The Kier molecular flexibility index (Phi) is 5.07. The van der Waals surface area contributed by atoms with Crippen LogP contribution in [0.3, 0.4) is 0 Å². The third-order valence-electron chi connectivity index (χ3n) is 3.30. The lowest BCUT2D eigenvalue weighted by Crippen LogP contribution is -2.09. The first kappa shape index (κ1) is 16.4. The van der Waals surface area contributed by atoms with E-state index >= 15 is 0 Å². The van der Waals surface area contributed by atoms with Crippen molar-refractivity contribution in [2.45, 2.75) is 31.8 Å². The van der Waals surface area contributed by atoms with Crippen LogP contribution in [0.4, 0.5) is 5.95 Å². The minimum absolute atomic E-state index is 0.0443. The Labute approximate surface area is 133 Å². The molecule has 0 bridgehead atoms. The van der Waals surface area contributed by atoms with Gasteiger partial charge >= 0.3 is 0 Å². The van der Waals surface area contributed by atoms with E-state index < -0.39 is 0 Å². The molecule has 6 nitrogen and oxygen atoms in total. The highest BCUT2D eigenvalue weighted by molar-refractivity contribution is 7.99. The van der Waals surface area contributed by atoms with Gasteiger partial charge in [-0.2, -0.15) is 4.98 Å². The molecule has 2 aromatic rings. The number of thioether (sulfide) groups is 1. The second kappa shape index (κ2) is 6.83. The number of aromatic amines is 1. The first-order valence-electron chi connectivity index (χ1n) is 6.94. The van der Waals surface area contributed by atoms with Crippen LogP contribution < -0.4 is 10.5 Å². The van der Waals surface area contributed by atoms with Gasteiger partial charge in [0, 0.05) is 5.56 Å². The first-order chi connectivity index (χ1) is 10.4. The Morgan fingerprint density at radius 1 is 1.45 bits per heavy atom. The second-order valence-electron chi connectivity index (χ2n) is 5.28. The number of nitrogen functional groups attached to an aromatic ring is 1. The lowest BCUT2D eigenvalue weighted by Gasteiger charge is -2.15. The molecule has 0 radical (unpaired) electrons. The van der Waals surface area contributed by atoms with E-state index in [0.717, 1.165) is 22.4 Å². The Bertz CT molecular complexity index is 682. The van der Waals surface area contributed by atoms with Crippen molar-refractivity contribution in [3.05, 3.63) is 28.8 Å². The number of ketones is 1. The van der Waals surface area contributed by atoms with E-state index in [-0.39, 0.29) is 23.4 Å². The molecule has 1 aromatic carbocycles. The summed E-state index contributed by atoms with van der Waals surface area (Å²) in [6.07, 6.45) is 0. The molecule has 1 aromatic heterocycles. The quantitative estimate of drug-likeness (QED) is 0.628. The molecule has 0 saturated heterocycles. The number of anilines is 1. The van der Waals surface area contributed by atoms with Gasteiger partial charge in [-0.15, -0.1) is 5.10 Å². The van der Waals surface area contributed by atoms with E-state index in [1.807, 2.05) is 19.1 Å². The highest BCUT2D eigenvalue weighted by atomic mass is 32.2. The molecule has 0 fully saturated rings. The van der Waals surface area contributed by atoms with E-state index in [0.29, 0.717) is 5.16 Å². The van der Waals surface area contributed by atoms with Gasteiger partial charge in [0.15, 0.2) is 5.78 Å². The number of ether oxygens (including phenoxy) is 1. The Balaban J connectivity index is 2.22. The molecule has 1 heterocycles. The Morgan fingerprint density at radius 3 is 2.73 bits per heavy atom. The molecule has 0 aliphatic rings. The third kappa shape index (κ3) is 3.59. The number of hydrogen-bond acceptors (Lipinski definition) is 6. The number of carbonyl (C=O) groups is 1. The normalized spacial score (nSPS) is 11.0. The van der Waals surface area contributed by atoms with Crippen molar-refractivity contribution < 1.29 is 9.53 Å². The summed E-state index contributed by atoms with van der Waals surface area (Å²) in [7, 11) is 1.64. The van der Waals surface area contributed by atoms with E-state index in [9.17, 15) is 4.79 Å². The topological polar surface area (TPSA) is 93.9 Å². The number of Topliss-reactive ketones (excluding diaryl/α,β-unsaturated/α-hetero) is 1. The highest BCUT2D eigenvalue weighted by Crippen LogP contribution is 2.29. The van der Waals surface area contributed by atoms with Gasteiger partial charge < -0.3 is 10.5 Å². The van der Waals surface area contributed by atoms with E-state index in [4.69, 9.17) is 10.5 Å². The number of nitrogens with one attached hydrogen (secondary N) is 1. The van der Waals surface area contributed by atoms with Crippen molar-refractivity contribution in [2.75, 3.05) is 18.6 Å². The summed E-state index contributed by atoms with van der Waals surface area (Å²) in [6, 6.07) is 3.84. The molecule has 7 heteroatoms. The van der Waals surface area contributed by atoms with Crippen molar-refractivity contribution in [1.82, 2.24) is 15.2 Å². The molecule has 0 spiro atoms. The van der Waals surface area contributed by atoms with Crippen LogP contribution in [-0.2, 0) is 0 Å². The van der Waals surface area contributed by atoms with Crippen LogP contribution in [0.5, 0.6) is 5.75 Å². The monoisotopic (exact) mass is 320 g/mol. The summed E-state index contributed by atoms with van der Waals surface area (Å²) in [6.45, 7) is 6.05. The molecule has 0 aliphatic carbocycles. The SMILES string of the molecule is COc1cc(C(C)C)c(C(=O)CSc2n[nH]c(N)n2)cc1C. The van der Waals surface area contributed by atoms with Crippen LogP contribution >= 0.6 is 11.8 Å². The summed E-state index contributed by atoms with van der Waals surface area (Å²) in [4.78, 5) is 16.5. The minimum atomic E-state index is 0.0443. The maximum atomic E-state index is 12.5. The average Bonchev–Trinajstić information content (AvgIpc) is 2.89. The number of hydrogen-bond donors (Lipinski definition) is 2. The zero-order chi connectivity index (χ0) is 16.3. The van der Waals surface area contributed by atoms with Crippen LogP contribution in [0.1, 0.15) is 41.3 Å². The van der Waals surface area contributed by atoms with Crippen molar-refractivity contribution >= 4 is 23.5 Å². The fourth-order valence-corrected chi connectivity index (χ4v) is 2.86. The van der Waals surface area contributed by atoms with Gasteiger partial charge in [0.05, 0.1) is 12.9 Å². The Hall–Kier alpha value is -2.02. The molecule has 22 heavy (non-hydrogen) atoms. The predicted molar refractivity (Wildman–Crippen MR) is 87.7 cm³/mol. The maximum absolute atomic E-state index is 12.5. The number of nitrogens with two attached hydrogens (primary N) is 1. The van der Waals surface area contributed by atoms with Gasteiger partial charge in [-0.05, 0) is 36.1 Å². The van der Waals surface area contributed by atoms with Crippen LogP contribution in [0, 0.1) is 6.92 Å². The smallest absolute Gasteiger partial charge is 0.216 e. The number of aryl methyl sites for hydroxylation is 1. The van der Waals surface area contributed by atoms with E-state index in [2.05, 4.69) is 29.0 Å². The van der Waals surface area contributed by atoms with Crippen LogP contribution in [0.15, 0.2) is 17.3 Å². The molecule has 0 amide bonds. The average molecular weight is 320 g/mol. The fourth-order valence-electron chi connectivity index (χ4n) is 2.17. The van der Waals surface area contributed by atoms with Crippen LogP contribution in [0.2, 0.25) is 0 Å². The maximum Gasteiger partial charge on any atom is 0.216 e. The van der Waals surface area contributed by atoms with E-state index in [1.54, 1.807) is 7.11 Å². The van der Waals surface area contributed by atoms with Crippen molar-refractivity contribution in [3.63, 3.8) is 0 Å². The van der Waals surface area contributed by atoms with Crippen molar-refractivity contribution in [2.24, 2.45) is 0 Å². The molecule has 0 atom stereocenters. The van der Waals surface area contributed by atoms with Crippen LogP contribution in [-0.4, -0.2) is 33.8 Å². The summed E-state index contributed by atoms with van der Waals surface area (Å²) in [5.41, 5.74) is 8.13. The summed E-state index contributed by atoms with van der Waals surface area (Å²) in [5.74, 6) is 1.59. The van der Waals surface area contributed by atoms with Crippen LogP contribution in [0.25, 0.3) is 0 Å². The molecule has 118 valence electrons. The zero-order valence-electron chi connectivity index (χ0n) is 13.1. The zero-order valence-corrected chi connectivity index (χ0v) is 14.0. The van der Waals surface area contributed by atoms with Gasteiger partial charge in [-0.25, -0.2) is 5.10 Å². The number of rotatable bonds is 6. The third-order valence-corrected chi connectivity index (χ3v) is 4.15. The highest BCUT2D eigenvalue weighted by Gasteiger charge is 2.17. The predicted octanol–water partition coefficient (Wildman–Crippen LogP) is 2.80. The molecule has 3 N–H and O–H groups in total. The largest absolute Gasteiger partial charge is 0.496 e. The number of carbonyl (C=O) groups excluding carboxylic acids is 1. The molecule has 0 aliphatic heterocycles. The summed E-state index contributed by atoms with van der Waals surface area (Å²) < 4.78 is 5.35. The second-order valence-corrected chi connectivity index (χ2v) is 6.22. The molecule has 2 rings (SSSR count). The number of aromatic nitrogens is 3. The number of H-pyrrole nitrogens is 1. The number of benzene rings is 1. The Morgan fingerprint density at radius 2 is 2.18 bits per heavy atom. The van der Waals surface area contributed by atoms with Gasteiger partial charge in [0.2, 0.25) is 11.1 Å². The standard InChI is InChI=1S/C15H20N4O2S/c1-8(2)10-6-13(21-4)9(3)5-11(10)12(20)7-22-15-17-14(16)18-19-15/h5-6,8H,7H2,1-4H3,(H3,16,17,18,19). The molecule has 0 saturated carbocycles. The first-order valence-corrected chi connectivity index (χ1v) is 7.93. The lowest BCUT2D eigenvalue weighted by molar-refractivity contribution is 0.102.